The normalized spacial score (nSPS) is 18.4. The Hall–Kier alpha value is -3.47. The maximum Gasteiger partial charge on any atom is 0.413 e. The molecule has 35 heavy (non-hydrogen) atoms. The number of hydrogen-bond acceptors (Lipinski definition) is 7. The predicted octanol–water partition coefficient (Wildman–Crippen LogP) is 4.61. The standard InChI is InChI=1S/C24H30N6O4S/c1-13-6-7-17(18-9-16-19(35-18)11-26-29-16)30(12-13)22(32)21(31)27-15-8-14(2)20(25-10-15)28-23(33)34-24(3,4)5/h8-11,13,17H,6-7,12H2,1-5H3,(H,26,29)(H,27,31)(H,25,28,33)/t13-,17+/m1/s1. The fraction of sp³-hybridized carbons (Fsp3) is 0.458. The molecule has 2 atom stereocenters. The molecular weight excluding hydrogens is 468 g/mol. The molecule has 3 aromatic heterocycles. The van der Waals surface area contributed by atoms with E-state index in [1.807, 2.05) is 6.07 Å². The van der Waals surface area contributed by atoms with Crippen LogP contribution in [0.3, 0.4) is 0 Å². The van der Waals surface area contributed by atoms with Gasteiger partial charge in [0.05, 0.1) is 34.3 Å². The number of fused-ring (bicyclic) bond motifs is 1. The van der Waals surface area contributed by atoms with Gasteiger partial charge in [-0.05, 0) is 64.2 Å². The summed E-state index contributed by atoms with van der Waals surface area (Å²) < 4.78 is 6.27. The van der Waals surface area contributed by atoms with E-state index in [1.54, 1.807) is 56.2 Å². The Labute approximate surface area is 207 Å². The topological polar surface area (TPSA) is 129 Å². The van der Waals surface area contributed by atoms with Crippen molar-refractivity contribution in [3.05, 3.63) is 35.0 Å². The van der Waals surface area contributed by atoms with Crippen molar-refractivity contribution in [2.45, 2.75) is 59.1 Å². The molecule has 3 N–H and O–H groups in total. The number of piperidine rings is 1. The van der Waals surface area contributed by atoms with Gasteiger partial charge in [-0.3, -0.25) is 20.0 Å². The smallest absolute Gasteiger partial charge is 0.413 e. The molecule has 0 aliphatic carbocycles. The summed E-state index contributed by atoms with van der Waals surface area (Å²) in [5.41, 5.74) is 1.28. The van der Waals surface area contributed by atoms with E-state index >= 15 is 0 Å². The summed E-state index contributed by atoms with van der Waals surface area (Å²) in [6.07, 6.45) is 4.32. The molecule has 0 saturated carbocycles. The first-order valence-corrected chi connectivity index (χ1v) is 12.3. The Morgan fingerprint density at radius 3 is 2.63 bits per heavy atom. The molecule has 11 heteroatoms. The summed E-state index contributed by atoms with van der Waals surface area (Å²) in [7, 11) is 0. The Bertz CT molecular complexity index is 1230. The van der Waals surface area contributed by atoms with E-state index in [1.165, 1.54) is 6.20 Å². The molecule has 3 aromatic rings. The number of rotatable bonds is 3. The maximum absolute atomic E-state index is 13.2. The number of amides is 3. The number of carbonyl (C=O) groups is 3. The highest BCUT2D eigenvalue weighted by Crippen LogP contribution is 2.38. The van der Waals surface area contributed by atoms with Crippen LogP contribution in [0.4, 0.5) is 16.3 Å². The largest absolute Gasteiger partial charge is 0.444 e. The van der Waals surface area contributed by atoms with Gasteiger partial charge in [0, 0.05) is 11.4 Å². The summed E-state index contributed by atoms with van der Waals surface area (Å²) in [4.78, 5) is 45.1. The van der Waals surface area contributed by atoms with Crippen molar-refractivity contribution in [3.8, 4) is 0 Å². The summed E-state index contributed by atoms with van der Waals surface area (Å²) >= 11 is 1.59. The van der Waals surface area contributed by atoms with Gasteiger partial charge >= 0.3 is 17.9 Å². The Balaban J connectivity index is 1.45. The summed E-state index contributed by atoms with van der Waals surface area (Å²) in [5.74, 6) is -0.680. The number of carbonyl (C=O) groups excluding carboxylic acids is 3. The second-order valence-corrected chi connectivity index (χ2v) is 11.0. The first-order valence-electron chi connectivity index (χ1n) is 11.5. The van der Waals surface area contributed by atoms with Gasteiger partial charge < -0.3 is 15.0 Å². The molecule has 10 nitrogen and oxygen atoms in total. The third kappa shape index (κ3) is 5.79. The third-order valence-electron chi connectivity index (χ3n) is 5.70. The van der Waals surface area contributed by atoms with E-state index in [-0.39, 0.29) is 6.04 Å². The summed E-state index contributed by atoms with van der Waals surface area (Å²) in [6.45, 7) is 9.65. The van der Waals surface area contributed by atoms with Crippen molar-refractivity contribution < 1.29 is 19.1 Å². The van der Waals surface area contributed by atoms with Crippen molar-refractivity contribution in [2.24, 2.45) is 5.92 Å². The SMILES string of the molecule is Cc1cc(NC(=O)C(=O)N2C[C@H](C)CC[C@H]2c2cc3[nH]ncc3s2)cnc1NC(=O)OC(C)(C)C. The van der Waals surface area contributed by atoms with Crippen molar-refractivity contribution in [1.29, 1.82) is 0 Å². The first-order chi connectivity index (χ1) is 16.5. The number of ether oxygens (including phenoxy) is 1. The molecule has 0 unspecified atom stereocenters. The van der Waals surface area contributed by atoms with Crippen LogP contribution in [-0.2, 0) is 14.3 Å². The molecule has 4 heterocycles. The van der Waals surface area contributed by atoms with E-state index < -0.39 is 23.5 Å². The lowest BCUT2D eigenvalue weighted by atomic mass is 9.93. The number of anilines is 2. The van der Waals surface area contributed by atoms with Crippen LogP contribution in [0.15, 0.2) is 24.5 Å². The number of hydrogen-bond donors (Lipinski definition) is 3. The Morgan fingerprint density at radius 1 is 1.17 bits per heavy atom. The quantitative estimate of drug-likeness (QED) is 0.452. The summed E-state index contributed by atoms with van der Waals surface area (Å²) in [5, 5.41) is 12.2. The van der Waals surface area contributed by atoms with Crippen LogP contribution in [0, 0.1) is 12.8 Å². The number of nitrogens with zero attached hydrogens (tertiary/aromatic N) is 3. The molecule has 1 aliphatic heterocycles. The minimum Gasteiger partial charge on any atom is -0.444 e. The van der Waals surface area contributed by atoms with Crippen LogP contribution in [0.2, 0.25) is 0 Å². The van der Waals surface area contributed by atoms with Crippen LogP contribution in [0.25, 0.3) is 10.2 Å². The van der Waals surface area contributed by atoms with Gasteiger partial charge in [0.1, 0.15) is 11.4 Å². The highest BCUT2D eigenvalue weighted by atomic mass is 32.1. The number of H-pyrrole nitrogens is 1. The zero-order valence-corrected chi connectivity index (χ0v) is 21.3. The van der Waals surface area contributed by atoms with E-state index in [0.29, 0.717) is 29.5 Å². The molecule has 3 amide bonds. The van der Waals surface area contributed by atoms with Crippen molar-refractivity contribution >= 4 is 51.0 Å². The van der Waals surface area contributed by atoms with E-state index in [0.717, 1.165) is 27.9 Å². The molecule has 1 saturated heterocycles. The third-order valence-corrected chi connectivity index (χ3v) is 6.87. The average Bonchev–Trinajstić information content (AvgIpc) is 3.36. The number of aromatic amines is 1. The molecular formula is C24H30N6O4S. The van der Waals surface area contributed by atoms with Gasteiger partial charge in [0.25, 0.3) is 0 Å². The van der Waals surface area contributed by atoms with E-state index in [2.05, 4.69) is 32.7 Å². The molecule has 4 rings (SSSR count). The fourth-order valence-electron chi connectivity index (χ4n) is 4.09. The first kappa shape index (κ1) is 24.6. The van der Waals surface area contributed by atoms with Crippen LogP contribution in [0.1, 0.15) is 57.0 Å². The van der Waals surface area contributed by atoms with Gasteiger partial charge in [-0.2, -0.15) is 5.10 Å². The molecule has 0 bridgehead atoms. The van der Waals surface area contributed by atoms with Gasteiger partial charge in [-0.15, -0.1) is 11.3 Å². The van der Waals surface area contributed by atoms with E-state index in [9.17, 15) is 14.4 Å². The molecule has 1 fully saturated rings. The Morgan fingerprint density at radius 2 is 1.94 bits per heavy atom. The molecule has 186 valence electrons. The van der Waals surface area contributed by atoms with E-state index in [4.69, 9.17) is 4.74 Å². The van der Waals surface area contributed by atoms with Gasteiger partial charge in [0.2, 0.25) is 0 Å². The zero-order valence-electron chi connectivity index (χ0n) is 20.5. The number of nitrogens with one attached hydrogen (secondary N) is 3. The molecule has 0 spiro atoms. The lowest BCUT2D eigenvalue weighted by Crippen LogP contribution is -2.46. The maximum atomic E-state index is 13.2. The second-order valence-electron chi connectivity index (χ2n) is 9.92. The highest BCUT2D eigenvalue weighted by Gasteiger charge is 2.35. The number of likely N-dealkylation sites (tertiary alicyclic amines) is 1. The number of pyridine rings is 1. The summed E-state index contributed by atoms with van der Waals surface area (Å²) in [6, 6.07) is 3.50. The van der Waals surface area contributed by atoms with Crippen LogP contribution in [0.5, 0.6) is 0 Å². The number of aryl methyl sites for hydroxylation is 1. The highest BCUT2D eigenvalue weighted by molar-refractivity contribution is 7.19. The lowest BCUT2D eigenvalue weighted by Gasteiger charge is -2.37. The Kier molecular flexibility index (Phi) is 6.79. The minimum atomic E-state index is -0.720. The van der Waals surface area contributed by atoms with Gasteiger partial charge in [-0.1, -0.05) is 6.92 Å². The van der Waals surface area contributed by atoms with Crippen molar-refractivity contribution in [3.63, 3.8) is 0 Å². The number of thiophene rings is 1. The van der Waals surface area contributed by atoms with Crippen LogP contribution >= 0.6 is 11.3 Å². The monoisotopic (exact) mass is 498 g/mol. The molecule has 0 radical (unpaired) electrons. The average molecular weight is 499 g/mol. The molecule has 1 aliphatic rings. The number of aromatic nitrogens is 3. The van der Waals surface area contributed by atoms with Gasteiger partial charge in [0.15, 0.2) is 0 Å². The fourth-order valence-corrected chi connectivity index (χ4v) is 5.23. The zero-order chi connectivity index (χ0) is 25.3. The van der Waals surface area contributed by atoms with Crippen molar-refractivity contribution in [1.82, 2.24) is 20.1 Å². The second kappa shape index (κ2) is 9.65. The molecule has 0 aromatic carbocycles. The predicted molar refractivity (Wildman–Crippen MR) is 134 cm³/mol. The van der Waals surface area contributed by atoms with Crippen molar-refractivity contribution in [2.75, 3.05) is 17.2 Å². The minimum absolute atomic E-state index is 0.157. The lowest BCUT2D eigenvalue weighted by molar-refractivity contribution is -0.146. The van der Waals surface area contributed by atoms with Crippen LogP contribution < -0.4 is 10.6 Å². The van der Waals surface area contributed by atoms with Crippen LogP contribution in [-0.4, -0.2) is 50.1 Å². The van der Waals surface area contributed by atoms with Gasteiger partial charge in [-0.25, -0.2) is 9.78 Å².